The third-order valence-electron chi connectivity index (χ3n) is 3.15. The molecule has 1 N–H and O–H groups in total. The van der Waals surface area contributed by atoms with Gasteiger partial charge in [-0.05, 0) is 55.0 Å². The first-order valence-electron chi connectivity index (χ1n) is 6.70. The average molecular weight is 332 g/mol. The van der Waals surface area contributed by atoms with Gasteiger partial charge in [0.05, 0.1) is 0 Å². The summed E-state index contributed by atoms with van der Waals surface area (Å²) in [6.07, 6.45) is 0. The smallest absolute Gasteiger partial charge is 0.313 e. The lowest BCUT2D eigenvalue weighted by Crippen LogP contribution is -2.13. The predicted octanol–water partition coefficient (Wildman–Crippen LogP) is 4.09. The van der Waals surface area contributed by atoms with E-state index in [-0.39, 0.29) is 17.6 Å². The molecule has 0 unspecified atom stereocenters. The summed E-state index contributed by atoms with van der Waals surface area (Å²) in [5.41, 5.74) is 1.94. The highest BCUT2D eigenvalue weighted by molar-refractivity contribution is 6.30. The Morgan fingerprint density at radius 2 is 1.91 bits per heavy atom. The van der Waals surface area contributed by atoms with Gasteiger partial charge in [0.1, 0.15) is 5.82 Å². The molecule has 0 bridgehead atoms. The molecule has 3 aromatic rings. The summed E-state index contributed by atoms with van der Waals surface area (Å²) in [4.78, 5) is 12.1. The first-order chi connectivity index (χ1) is 11.0. The Morgan fingerprint density at radius 3 is 2.61 bits per heavy atom. The van der Waals surface area contributed by atoms with Gasteiger partial charge in [0, 0.05) is 16.3 Å². The first kappa shape index (κ1) is 15.2. The molecule has 0 aliphatic rings. The Balaban J connectivity index is 1.79. The molecule has 1 heterocycles. The van der Waals surface area contributed by atoms with Gasteiger partial charge in [0.2, 0.25) is 5.89 Å². The van der Waals surface area contributed by atoms with Crippen LogP contribution < -0.4 is 5.32 Å². The summed E-state index contributed by atoms with van der Waals surface area (Å²) >= 11 is 5.87. The van der Waals surface area contributed by atoms with Crippen LogP contribution >= 0.6 is 11.6 Å². The van der Waals surface area contributed by atoms with Crippen LogP contribution in [0.2, 0.25) is 5.02 Å². The number of anilines is 1. The molecule has 3 rings (SSSR count). The third kappa shape index (κ3) is 3.37. The molecule has 116 valence electrons. The molecular formula is C16H11ClFN3O2. The van der Waals surface area contributed by atoms with Gasteiger partial charge in [-0.25, -0.2) is 4.39 Å². The van der Waals surface area contributed by atoms with Crippen LogP contribution in [0.4, 0.5) is 10.1 Å². The number of carbonyl (C=O) groups excluding carboxylic acids is 1. The van der Waals surface area contributed by atoms with Gasteiger partial charge in [-0.3, -0.25) is 4.79 Å². The number of halogens is 2. The molecule has 0 saturated carbocycles. The zero-order valence-electron chi connectivity index (χ0n) is 12.0. The monoisotopic (exact) mass is 331 g/mol. The number of nitrogens with zero attached hydrogens (tertiary/aromatic N) is 2. The standard InChI is InChI=1S/C16H11ClFN3O2/c1-9-8-11(17)4-7-13(9)19-14(22)16-21-20-15(23-16)10-2-5-12(18)6-3-10/h2-8H,1H3,(H,19,22). The molecule has 1 aromatic heterocycles. The first-order valence-corrected chi connectivity index (χ1v) is 7.07. The maximum atomic E-state index is 12.9. The number of carbonyl (C=O) groups is 1. The maximum Gasteiger partial charge on any atom is 0.313 e. The number of amides is 1. The molecule has 0 aliphatic heterocycles. The molecule has 0 atom stereocenters. The summed E-state index contributed by atoms with van der Waals surface area (Å²) < 4.78 is 18.2. The summed E-state index contributed by atoms with van der Waals surface area (Å²) in [6.45, 7) is 1.82. The second-order valence-corrected chi connectivity index (χ2v) is 5.27. The maximum absolute atomic E-state index is 12.9. The number of aryl methyl sites for hydroxylation is 1. The molecule has 5 nitrogen and oxygen atoms in total. The molecule has 0 spiro atoms. The van der Waals surface area contributed by atoms with Crippen molar-refractivity contribution in [1.29, 1.82) is 0 Å². The molecule has 0 aliphatic carbocycles. The van der Waals surface area contributed by atoms with E-state index in [9.17, 15) is 9.18 Å². The largest absolute Gasteiger partial charge is 0.412 e. The minimum absolute atomic E-state index is 0.142. The summed E-state index contributed by atoms with van der Waals surface area (Å²) in [7, 11) is 0. The number of rotatable bonds is 3. The lowest BCUT2D eigenvalue weighted by atomic mass is 10.2. The molecule has 0 fully saturated rings. The van der Waals surface area contributed by atoms with Crippen LogP contribution in [-0.4, -0.2) is 16.1 Å². The minimum atomic E-state index is -0.531. The van der Waals surface area contributed by atoms with E-state index in [1.807, 2.05) is 6.92 Å². The number of aromatic nitrogens is 2. The number of hydrogen-bond donors (Lipinski definition) is 1. The highest BCUT2D eigenvalue weighted by Gasteiger charge is 2.16. The van der Waals surface area contributed by atoms with Crippen LogP contribution in [0.1, 0.15) is 16.2 Å². The topological polar surface area (TPSA) is 68.0 Å². The van der Waals surface area contributed by atoms with Crippen molar-refractivity contribution >= 4 is 23.2 Å². The van der Waals surface area contributed by atoms with E-state index in [0.29, 0.717) is 16.3 Å². The molecule has 23 heavy (non-hydrogen) atoms. The molecule has 0 saturated heterocycles. The van der Waals surface area contributed by atoms with Crippen molar-refractivity contribution in [3.63, 3.8) is 0 Å². The number of nitrogens with one attached hydrogen (secondary N) is 1. The van der Waals surface area contributed by atoms with Crippen molar-refractivity contribution in [3.8, 4) is 11.5 Å². The highest BCUT2D eigenvalue weighted by Crippen LogP contribution is 2.21. The van der Waals surface area contributed by atoms with E-state index in [4.69, 9.17) is 16.0 Å². The average Bonchev–Trinajstić information content (AvgIpc) is 3.01. The van der Waals surface area contributed by atoms with Crippen molar-refractivity contribution < 1.29 is 13.6 Å². The molecule has 1 amide bonds. The second kappa shape index (κ2) is 6.18. The van der Waals surface area contributed by atoms with E-state index in [0.717, 1.165) is 5.56 Å². The van der Waals surface area contributed by atoms with E-state index < -0.39 is 5.91 Å². The van der Waals surface area contributed by atoms with Gasteiger partial charge in [-0.1, -0.05) is 11.6 Å². The Kier molecular flexibility index (Phi) is 4.08. The van der Waals surface area contributed by atoms with E-state index in [2.05, 4.69) is 15.5 Å². The van der Waals surface area contributed by atoms with E-state index in [1.54, 1.807) is 18.2 Å². The van der Waals surface area contributed by atoms with Crippen LogP contribution in [0.5, 0.6) is 0 Å². The van der Waals surface area contributed by atoms with Gasteiger partial charge in [-0.2, -0.15) is 0 Å². The lowest BCUT2D eigenvalue weighted by Gasteiger charge is -2.06. The summed E-state index contributed by atoms with van der Waals surface area (Å²) in [5.74, 6) is -0.942. The van der Waals surface area contributed by atoms with Crippen molar-refractivity contribution in [2.75, 3.05) is 5.32 Å². The van der Waals surface area contributed by atoms with Crippen molar-refractivity contribution in [2.45, 2.75) is 6.92 Å². The van der Waals surface area contributed by atoms with Gasteiger partial charge in [0.15, 0.2) is 0 Å². The fourth-order valence-electron chi connectivity index (χ4n) is 1.97. The van der Waals surface area contributed by atoms with Gasteiger partial charge in [0.25, 0.3) is 0 Å². The van der Waals surface area contributed by atoms with Crippen molar-refractivity contribution in [3.05, 3.63) is 64.8 Å². The normalized spacial score (nSPS) is 10.6. The summed E-state index contributed by atoms with van der Waals surface area (Å²) in [5, 5.41) is 10.8. The van der Waals surface area contributed by atoms with E-state index in [1.165, 1.54) is 24.3 Å². The Labute approximate surface area is 136 Å². The minimum Gasteiger partial charge on any atom is -0.412 e. The Morgan fingerprint density at radius 1 is 1.17 bits per heavy atom. The number of hydrogen-bond acceptors (Lipinski definition) is 4. The SMILES string of the molecule is Cc1cc(Cl)ccc1NC(=O)c1nnc(-c2ccc(F)cc2)o1. The predicted molar refractivity (Wildman–Crippen MR) is 83.8 cm³/mol. The Hall–Kier alpha value is -2.73. The zero-order chi connectivity index (χ0) is 16.4. The van der Waals surface area contributed by atoms with Crippen LogP contribution in [0, 0.1) is 12.7 Å². The van der Waals surface area contributed by atoms with Crippen LogP contribution in [0.25, 0.3) is 11.5 Å². The molecule has 7 heteroatoms. The molecular weight excluding hydrogens is 321 g/mol. The van der Waals surface area contributed by atoms with Crippen LogP contribution in [0.15, 0.2) is 46.9 Å². The number of benzene rings is 2. The fraction of sp³-hybridized carbons (Fsp3) is 0.0625. The van der Waals surface area contributed by atoms with Crippen molar-refractivity contribution in [2.24, 2.45) is 0 Å². The van der Waals surface area contributed by atoms with Gasteiger partial charge >= 0.3 is 11.8 Å². The van der Waals surface area contributed by atoms with Gasteiger partial charge < -0.3 is 9.73 Å². The third-order valence-corrected chi connectivity index (χ3v) is 3.38. The van der Waals surface area contributed by atoms with Crippen molar-refractivity contribution in [1.82, 2.24) is 10.2 Å². The zero-order valence-corrected chi connectivity index (χ0v) is 12.8. The Bertz CT molecular complexity index is 862. The van der Waals surface area contributed by atoms with E-state index >= 15 is 0 Å². The quantitative estimate of drug-likeness (QED) is 0.785. The molecule has 0 radical (unpaired) electrons. The van der Waals surface area contributed by atoms with Gasteiger partial charge in [-0.15, -0.1) is 10.2 Å². The lowest BCUT2D eigenvalue weighted by molar-refractivity contribution is 0.0990. The summed E-state index contributed by atoms with van der Waals surface area (Å²) in [6, 6.07) is 10.6. The second-order valence-electron chi connectivity index (χ2n) is 4.83. The molecule has 2 aromatic carbocycles. The van der Waals surface area contributed by atoms with Crippen LogP contribution in [-0.2, 0) is 0 Å². The van der Waals surface area contributed by atoms with Crippen LogP contribution in [0.3, 0.4) is 0 Å². The highest BCUT2D eigenvalue weighted by atomic mass is 35.5. The fourth-order valence-corrected chi connectivity index (χ4v) is 2.19.